The van der Waals surface area contributed by atoms with Crippen molar-refractivity contribution in [1.82, 2.24) is 20.0 Å². The molecule has 1 unspecified atom stereocenters. The summed E-state index contributed by atoms with van der Waals surface area (Å²) in [5, 5.41) is 4.10. The van der Waals surface area contributed by atoms with Gasteiger partial charge in [-0.3, -0.25) is 4.79 Å². The van der Waals surface area contributed by atoms with Gasteiger partial charge in [-0.05, 0) is 37.8 Å². The van der Waals surface area contributed by atoms with Gasteiger partial charge < -0.3 is 9.42 Å². The molecule has 3 heterocycles. The number of carbonyl (C=O) groups excluding carboxylic acids is 1. The number of likely N-dealkylation sites (tertiary alicyclic amines) is 1. The second-order valence-electron chi connectivity index (χ2n) is 6.75. The maximum absolute atomic E-state index is 12.8. The highest BCUT2D eigenvalue weighted by atomic mass is 32.2. The Morgan fingerprint density at radius 1 is 1.27 bits per heavy atom. The van der Waals surface area contributed by atoms with Crippen molar-refractivity contribution in [3.63, 3.8) is 0 Å². The Morgan fingerprint density at radius 3 is 3.00 bits per heavy atom. The van der Waals surface area contributed by atoms with Crippen LogP contribution >= 0.6 is 23.1 Å². The molecule has 8 heteroatoms. The second kappa shape index (κ2) is 6.66. The molecule has 0 bridgehead atoms. The van der Waals surface area contributed by atoms with Gasteiger partial charge in [-0.15, -0.1) is 11.3 Å². The van der Waals surface area contributed by atoms with Crippen LogP contribution in [0.3, 0.4) is 0 Å². The lowest BCUT2D eigenvalue weighted by Gasteiger charge is -2.21. The highest BCUT2D eigenvalue weighted by Crippen LogP contribution is 2.40. The molecule has 0 spiro atoms. The van der Waals surface area contributed by atoms with Gasteiger partial charge in [0.1, 0.15) is 6.04 Å². The summed E-state index contributed by atoms with van der Waals surface area (Å²) >= 11 is 3.14. The number of fused-ring (bicyclic) bond motifs is 1. The molecule has 2 fully saturated rings. The number of hydrogen-bond donors (Lipinski definition) is 0. The van der Waals surface area contributed by atoms with Crippen molar-refractivity contribution in [3.05, 3.63) is 36.0 Å². The highest BCUT2D eigenvalue weighted by molar-refractivity contribution is 8.01. The van der Waals surface area contributed by atoms with Crippen molar-refractivity contribution in [2.75, 3.05) is 12.3 Å². The van der Waals surface area contributed by atoms with Crippen LogP contribution in [0.2, 0.25) is 0 Å². The first-order valence-electron chi connectivity index (χ1n) is 8.89. The molecule has 6 nitrogen and oxygen atoms in total. The average Bonchev–Trinajstić information content (AvgIpc) is 3.09. The molecule has 26 heavy (non-hydrogen) atoms. The van der Waals surface area contributed by atoms with E-state index in [-0.39, 0.29) is 11.9 Å². The van der Waals surface area contributed by atoms with Crippen LogP contribution in [0.1, 0.15) is 49.4 Å². The Hall–Kier alpha value is -1.93. The number of nitrogens with zero attached hydrogens (tertiary/aromatic N) is 4. The summed E-state index contributed by atoms with van der Waals surface area (Å²) in [6.45, 7) is 0.755. The number of rotatable bonds is 5. The molecule has 1 aliphatic carbocycles. The molecular weight excluding hydrogens is 368 g/mol. The van der Waals surface area contributed by atoms with E-state index in [2.05, 4.69) is 21.2 Å². The van der Waals surface area contributed by atoms with Gasteiger partial charge in [0.05, 0.1) is 16.0 Å². The van der Waals surface area contributed by atoms with E-state index >= 15 is 0 Å². The van der Waals surface area contributed by atoms with Crippen molar-refractivity contribution in [3.8, 4) is 0 Å². The molecule has 1 saturated carbocycles. The fourth-order valence-corrected chi connectivity index (χ4v) is 5.29. The van der Waals surface area contributed by atoms with Crippen molar-refractivity contribution in [2.45, 2.75) is 42.0 Å². The van der Waals surface area contributed by atoms with Crippen molar-refractivity contribution in [2.24, 2.45) is 0 Å². The number of aromatic nitrogens is 3. The van der Waals surface area contributed by atoms with E-state index in [1.165, 1.54) is 11.8 Å². The van der Waals surface area contributed by atoms with Gasteiger partial charge in [0.25, 0.3) is 0 Å². The maximum Gasteiger partial charge on any atom is 0.249 e. The second-order valence-corrected chi connectivity index (χ2v) is 9.00. The summed E-state index contributed by atoms with van der Waals surface area (Å²) in [6, 6.07) is 7.98. The third-order valence-electron chi connectivity index (χ3n) is 4.85. The largest absolute Gasteiger partial charge is 0.337 e. The standard InChI is InChI=1S/C18H18N4O2S2/c23-15(10-25-18-19-12-4-1-2-6-14(12)26-18)22-9-3-5-13(22)17-20-16(21-24-17)11-7-8-11/h1-2,4,6,11,13H,3,5,7-10H2. The predicted octanol–water partition coefficient (Wildman–Crippen LogP) is 4.01. The van der Waals surface area contributed by atoms with Gasteiger partial charge in [0.15, 0.2) is 10.2 Å². The van der Waals surface area contributed by atoms with Crippen molar-refractivity contribution >= 4 is 39.2 Å². The van der Waals surface area contributed by atoms with Crippen LogP contribution in [0.4, 0.5) is 0 Å². The lowest BCUT2D eigenvalue weighted by Crippen LogP contribution is -2.32. The third kappa shape index (κ3) is 3.12. The summed E-state index contributed by atoms with van der Waals surface area (Å²) < 4.78 is 7.55. The number of carbonyl (C=O) groups is 1. The minimum Gasteiger partial charge on any atom is -0.337 e. The van der Waals surface area contributed by atoms with Gasteiger partial charge >= 0.3 is 0 Å². The Balaban J connectivity index is 1.26. The lowest BCUT2D eigenvalue weighted by atomic mass is 10.2. The van der Waals surface area contributed by atoms with E-state index in [0.29, 0.717) is 17.6 Å². The van der Waals surface area contributed by atoms with Crippen LogP contribution in [0.15, 0.2) is 33.1 Å². The first-order chi connectivity index (χ1) is 12.8. The van der Waals surface area contributed by atoms with Gasteiger partial charge in [0, 0.05) is 12.5 Å². The number of benzene rings is 1. The Kier molecular flexibility index (Phi) is 4.17. The van der Waals surface area contributed by atoms with Crippen LogP contribution in [0, 0.1) is 0 Å². The zero-order valence-electron chi connectivity index (χ0n) is 14.1. The SMILES string of the molecule is O=C(CSc1nc2ccccc2s1)N1CCCC1c1nc(C2CC2)no1. The molecule has 3 aromatic rings. The fourth-order valence-electron chi connectivity index (χ4n) is 3.33. The summed E-state index contributed by atoms with van der Waals surface area (Å²) in [5.41, 5.74) is 0.991. The van der Waals surface area contributed by atoms with E-state index in [1.54, 1.807) is 11.3 Å². The molecule has 1 saturated heterocycles. The zero-order valence-corrected chi connectivity index (χ0v) is 15.8. The Labute approximate surface area is 159 Å². The molecule has 1 aliphatic heterocycles. The van der Waals surface area contributed by atoms with Crippen LogP contribution in [0.5, 0.6) is 0 Å². The first-order valence-corrected chi connectivity index (χ1v) is 10.7. The zero-order chi connectivity index (χ0) is 17.5. The monoisotopic (exact) mass is 386 g/mol. The Bertz CT molecular complexity index is 916. The lowest BCUT2D eigenvalue weighted by molar-refractivity contribution is -0.129. The molecule has 134 valence electrons. The number of amides is 1. The van der Waals surface area contributed by atoms with Crippen LogP contribution in [-0.2, 0) is 4.79 Å². The topological polar surface area (TPSA) is 72.1 Å². The molecule has 1 atom stereocenters. The van der Waals surface area contributed by atoms with Gasteiger partial charge in [-0.1, -0.05) is 29.1 Å². The smallest absolute Gasteiger partial charge is 0.249 e. The quantitative estimate of drug-likeness (QED) is 0.617. The minimum absolute atomic E-state index is 0.0709. The maximum atomic E-state index is 12.8. The molecule has 2 aliphatic rings. The molecule has 5 rings (SSSR count). The normalized spacial score (nSPS) is 20.2. The van der Waals surface area contributed by atoms with Crippen molar-refractivity contribution in [1.29, 1.82) is 0 Å². The highest BCUT2D eigenvalue weighted by Gasteiger charge is 2.36. The molecular formula is C18H18N4O2S2. The minimum atomic E-state index is -0.0709. The van der Waals surface area contributed by atoms with Crippen molar-refractivity contribution < 1.29 is 9.32 Å². The summed E-state index contributed by atoms with van der Waals surface area (Å²) in [4.78, 5) is 23.8. The first kappa shape index (κ1) is 16.3. The van der Waals surface area contributed by atoms with Crippen LogP contribution in [-0.4, -0.2) is 38.2 Å². The van der Waals surface area contributed by atoms with E-state index in [1.807, 2.05) is 23.1 Å². The Morgan fingerprint density at radius 2 is 2.15 bits per heavy atom. The fraction of sp³-hybridized carbons (Fsp3) is 0.444. The van der Waals surface area contributed by atoms with Crippen LogP contribution in [0.25, 0.3) is 10.2 Å². The number of thiazole rings is 1. The van der Waals surface area contributed by atoms with E-state index < -0.39 is 0 Å². The molecule has 1 amide bonds. The molecule has 1 aromatic carbocycles. The van der Waals surface area contributed by atoms with Gasteiger partial charge in [0.2, 0.25) is 11.8 Å². The van der Waals surface area contributed by atoms with E-state index in [4.69, 9.17) is 4.52 Å². The van der Waals surface area contributed by atoms with Crippen LogP contribution < -0.4 is 0 Å². The number of para-hydroxylation sites is 1. The molecule has 2 aromatic heterocycles. The summed E-state index contributed by atoms with van der Waals surface area (Å²) in [6.07, 6.45) is 4.16. The molecule has 0 N–H and O–H groups in total. The average molecular weight is 387 g/mol. The van der Waals surface area contributed by atoms with Gasteiger partial charge in [-0.25, -0.2) is 4.98 Å². The van der Waals surface area contributed by atoms with E-state index in [9.17, 15) is 4.79 Å². The number of thioether (sulfide) groups is 1. The third-order valence-corrected chi connectivity index (χ3v) is 7.02. The van der Waals surface area contributed by atoms with Gasteiger partial charge in [-0.2, -0.15) is 4.98 Å². The summed E-state index contributed by atoms with van der Waals surface area (Å²) in [7, 11) is 0. The predicted molar refractivity (Wildman–Crippen MR) is 100 cm³/mol. The van der Waals surface area contributed by atoms with E-state index in [0.717, 1.165) is 52.6 Å². The molecule has 0 radical (unpaired) electrons. The number of hydrogen-bond acceptors (Lipinski definition) is 7. The summed E-state index contributed by atoms with van der Waals surface area (Å²) in [5.74, 6) is 2.38.